The highest BCUT2D eigenvalue weighted by Gasteiger charge is 2.25. The maximum absolute atomic E-state index is 14.5. The van der Waals surface area contributed by atoms with E-state index in [4.69, 9.17) is 15.2 Å². The summed E-state index contributed by atoms with van der Waals surface area (Å²) in [5.41, 5.74) is 10.4. The van der Waals surface area contributed by atoms with E-state index >= 15 is 0 Å². The van der Waals surface area contributed by atoms with Crippen LogP contribution in [0.15, 0.2) is 54.6 Å². The van der Waals surface area contributed by atoms with Gasteiger partial charge in [0, 0.05) is 36.9 Å². The highest BCUT2D eigenvalue weighted by Crippen LogP contribution is 2.36. The zero-order chi connectivity index (χ0) is 28.7. The summed E-state index contributed by atoms with van der Waals surface area (Å²) in [6.45, 7) is 2.06. The molecule has 0 radical (unpaired) electrons. The van der Waals surface area contributed by atoms with E-state index in [-0.39, 0.29) is 43.8 Å². The second kappa shape index (κ2) is 13.1. The van der Waals surface area contributed by atoms with Crippen molar-refractivity contribution in [1.29, 1.82) is 0 Å². The minimum Gasteiger partial charge on any atom is -0.490 e. The Kier molecular flexibility index (Phi) is 9.65. The van der Waals surface area contributed by atoms with Crippen molar-refractivity contribution in [2.24, 2.45) is 5.73 Å². The molecule has 1 fully saturated rings. The third kappa shape index (κ3) is 7.73. The van der Waals surface area contributed by atoms with E-state index in [0.29, 0.717) is 29.9 Å². The maximum atomic E-state index is 14.5. The van der Waals surface area contributed by atoms with Crippen molar-refractivity contribution in [2.45, 2.75) is 45.3 Å². The first-order chi connectivity index (χ1) is 19.2. The maximum Gasteiger partial charge on any atom is 0.307 e. The standard InChI is InChI=1S/C30H35FN2O6S/c1-20-14-26(39-24-10-12-40(35,36)13-11-24)17-28(33-2)30(20)23-5-3-4-21(15-23)18-37-25-8-6-22(27(31)16-25)7-9-29(34)38-19-32/h3-6,8,14-17,24,33H,7,9-13,18-19,32H2,1-2H3. The van der Waals surface area contributed by atoms with Gasteiger partial charge in [-0.05, 0) is 66.6 Å². The molecule has 8 nitrogen and oxygen atoms in total. The lowest BCUT2D eigenvalue weighted by Crippen LogP contribution is -2.30. The lowest BCUT2D eigenvalue weighted by Gasteiger charge is -2.24. The van der Waals surface area contributed by atoms with E-state index in [0.717, 1.165) is 27.9 Å². The molecule has 1 saturated heterocycles. The van der Waals surface area contributed by atoms with E-state index in [1.54, 1.807) is 12.1 Å². The monoisotopic (exact) mass is 570 g/mol. The molecule has 0 amide bonds. The first-order valence-electron chi connectivity index (χ1n) is 13.2. The molecule has 1 aliphatic heterocycles. The van der Waals surface area contributed by atoms with E-state index in [1.165, 1.54) is 6.07 Å². The largest absolute Gasteiger partial charge is 0.490 e. The third-order valence-electron chi connectivity index (χ3n) is 6.87. The van der Waals surface area contributed by atoms with Crippen molar-refractivity contribution in [3.63, 3.8) is 0 Å². The van der Waals surface area contributed by atoms with Crippen LogP contribution in [-0.2, 0) is 32.4 Å². The van der Waals surface area contributed by atoms with Crippen LogP contribution in [0.25, 0.3) is 11.1 Å². The van der Waals surface area contributed by atoms with Crippen LogP contribution in [0.4, 0.5) is 10.1 Å². The molecule has 1 aliphatic rings. The second-order valence-corrected chi connectivity index (χ2v) is 12.1. The van der Waals surface area contributed by atoms with Crippen molar-refractivity contribution in [3.8, 4) is 22.6 Å². The highest BCUT2D eigenvalue weighted by molar-refractivity contribution is 7.91. The number of halogens is 1. The predicted molar refractivity (Wildman–Crippen MR) is 153 cm³/mol. The van der Waals surface area contributed by atoms with Gasteiger partial charge in [0.1, 0.15) is 36.8 Å². The van der Waals surface area contributed by atoms with E-state index in [1.807, 2.05) is 50.4 Å². The zero-order valence-electron chi connectivity index (χ0n) is 22.7. The van der Waals surface area contributed by atoms with Crippen LogP contribution in [-0.4, -0.2) is 45.8 Å². The molecule has 0 bridgehead atoms. The summed E-state index contributed by atoms with van der Waals surface area (Å²) in [6, 6.07) is 16.5. The van der Waals surface area contributed by atoms with Gasteiger partial charge in [-0.15, -0.1) is 0 Å². The zero-order valence-corrected chi connectivity index (χ0v) is 23.6. The summed E-state index contributed by atoms with van der Waals surface area (Å²) < 4.78 is 54.7. The van der Waals surface area contributed by atoms with Crippen LogP contribution in [0.1, 0.15) is 36.0 Å². The summed E-state index contributed by atoms with van der Waals surface area (Å²) >= 11 is 0. The number of carbonyl (C=O) groups excluding carboxylic acids is 1. The summed E-state index contributed by atoms with van der Waals surface area (Å²) in [7, 11) is -1.10. The van der Waals surface area contributed by atoms with Gasteiger partial charge in [0.15, 0.2) is 9.84 Å². The van der Waals surface area contributed by atoms with Gasteiger partial charge in [-0.2, -0.15) is 0 Å². The lowest BCUT2D eigenvalue weighted by molar-refractivity contribution is -0.143. The number of sulfone groups is 1. The van der Waals surface area contributed by atoms with Crippen molar-refractivity contribution >= 4 is 21.5 Å². The van der Waals surface area contributed by atoms with Gasteiger partial charge < -0.3 is 19.5 Å². The summed E-state index contributed by atoms with van der Waals surface area (Å²) in [6.07, 6.45) is 1.14. The van der Waals surface area contributed by atoms with Gasteiger partial charge >= 0.3 is 5.97 Å². The van der Waals surface area contributed by atoms with Crippen LogP contribution in [0.2, 0.25) is 0 Å². The number of hydrogen-bond acceptors (Lipinski definition) is 8. The van der Waals surface area contributed by atoms with Gasteiger partial charge in [0.25, 0.3) is 0 Å². The second-order valence-electron chi connectivity index (χ2n) is 9.81. The fourth-order valence-corrected chi connectivity index (χ4v) is 6.24. The van der Waals surface area contributed by atoms with Gasteiger partial charge in [-0.1, -0.05) is 24.3 Å². The van der Waals surface area contributed by atoms with E-state index in [2.05, 4.69) is 10.1 Å². The quantitative estimate of drug-likeness (QED) is 0.250. The average Bonchev–Trinajstić information content (AvgIpc) is 2.92. The Bertz CT molecular complexity index is 1450. The first kappa shape index (κ1) is 29.4. The highest BCUT2D eigenvalue weighted by atomic mass is 32.2. The number of anilines is 1. The summed E-state index contributed by atoms with van der Waals surface area (Å²) in [5, 5.41) is 3.25. The predicted octanol–water partition coefficient (Wildman–Crippen LogP) is 4.77. The number of nitrogens with two attached hydrogens (primary N) is 1. The van der Waals surface area contributed by atoms with Gasteiger partial charge in [-0.3, -0.25) is 10.5 Å². The molecular weight excluding hydrogens is 535 g/mol. The molecule has 0 unspecified atom stereocenters. The topological polar surface area (TPSA) is 117 Å². The molecule has 10 heteroatoms. The first-order valence-corrected chi connectivity index (χ1v) is 15.1. The van der Waals surface area contributed by atoms with E-state index < -0.39 is 21.6 Å². The Hall–Kier alpha value is -3.63. The van der Waals surface area contributed by atoms with Crippen LogP contribution >= 0.6 is 0 Å². The van der Waals surface area contributed by atoms with Crippen molar-refractivity contribution < 1.29 is 31.8 Å². The number of hydrogen-bond donors (Lipinski definition) is 2. The van der Waals surface area contributed by atoms with Crippen LogP contribution in [0.5, 0.6) is 11.5 Å². The molecule has 3 aromatic rings. The Morgan fingerprint density at radius 3 is 2.55 bits per heavy atom. The Labute approximate surface area is 234 Å². The van der Waals surface area contributed by atoms with Gasteiger partial charge in [0.2, 0.25) is 0 Å². The Balaban J connectivity index is 1.43. The van der Waals surface area contributed by atoms with E-state index in [9.17, 15) is 17.6 Å². The van der Waals surface area contributed by atoms with Crippen LogP contribution in [0, 0.1) is 12.7 Å². The number of ether oxygens (including phenoxy) is 3. The number of esters is 1. The summed E-state index contributed by atoms with van der Waals surface area (Å²) in [4.78, 5) is 11.5. The number of carbonyl (C=O) groups is 1. The number of benzene rings is 3. The molecule has 4 rings (SSSR count). The van der Waals surface area contributed by atoms with Crippen molar-refractivity contribution in [2.75, 3.05) is 30.6 Å². The summed E-state index contributed by atoms with van der Waals surface area (Å²) in [5.74, 6) is 0.494. The SMILES string of the molecule is CNc1cc(OC2CCS(=O)(=O)CC2)cc(C)c1-c1cccc(COc2ccc(CCC(=O)OCN)c(F)c2)c1. The minimum absolute atomic E-state index is 0.0488. The molecule has 3 aromatic carbocycles. The molecule has 40 heavy (non-hydrogen) atoms. The number of rotatable bonds is 11. The van der Waals surface area contributed by atoms with Crippen molar-refractivity contribution in [3.05, 3.63) is 77.1 Å². The fraction of sp³-hybridized carbons (Fsp3) is 0.367. The number of nitrogens with one attached hydrogen (secondary N) is 1. The van der Waals surface area contributed by atoms with Crippen molar-refractivity contribution in [1.82, 2.24) is 0 Å². The molecular formula is C30H35FN2O6S. The Morgan fingerprint density at radius 2 is 1.85 bits per heavy atom. The normalized spacial score (nSPS) is 14.9. The smallest absolute Gasteiger partial charge is 0.307 e. The lowest BCUT2D eigenvalue weighted by atomic mass is 9.96. The molecule has 0 saturated carbocycles. The number of aryl methyl sites for hydroxylation is 2. The molecule has 0 aromatic heterocycles. The molecule has 1 heterocycles. The Morgan fingerprint density at radius 1 is 1.07 bits per heavy atom. The minimum atomic E-state index is -2.95. The van der Waals surface area contributed by atoms with Gasteiger partial charge in [-0.25, -0.2) is 12.8 Å². The van der Waals surface area contributed by atoms with Crippen LogP contribution in [0.3, 0.4) is 0 Å². The third-order valence-corrected chi connectivity index (χ3v) is 8.59. The molecule has 3 N–H and O–H groups in total. The molecule has 214 valence electrons. The average molecular weight is 571 g/mol. The van der Waals surface area contributed by atoms with Gasteiger partial charge in [0.05, 0.1) is 11.5 Å². The molecule has 0 spiro atoms. The molecule has 0 atom stereocenters. The molecule has 0 aliphatic carbocycles. The fourth-order valence-electron chi connectivity index (χ4n) is 4.79. The van der Waals surface area contributed by atoms with Crippen LogP contribution < -0.4 is 20.5 Å².